The smallest absolute Gasteiger partial charge is 0.323 e. The highest BCUT2D eigenvalue weighted by molar-refractivity contribution is 7.22. The van der Waals surface area contributed by atoms with Crippen LogP contribution in [-0.2, 0) is 4.79 Å². The number of carboxylic acids is 1. The minimum atomic E-state index is -0.848. The van der Waals surface area contributed by atoms with Gasteiger partial charge in [0.15, 0.2) is 5.13 Å². The molecule has 1 heterocycles. The summed E-state index contributed by atoms with van der Waals surface area (Å²) in [5.74, 6) is -0.848. The molecule has 0 unspecified atom stereocenters. The average molecular weight is 250 g/mol. The Bertz CT molecular complexity index is 577. The maximum absolute atomic E-state index is 10.7. The van der Waals surface area contributed by atoms with E-state index in [1.165, 1.54) is 16.9 Å². The van der Waals surface area contributed by atoms with Gasteiger partial charge in [-0.15, -0.1) is 0 Å². The molecule has 0 aliphatic rings. The summed E-state index contributed by atoms with van der Waals surface area (Å²) in [7, 11) is 1.74. The predicted molar refractivity (Wildman–Crippen MR) is 70.0 cm³/mol. The van der Waals surface area contributed by atoms with E-state index < -0.39 is 5.97 Å². The first-order valence-corrected chi connectivity index (χ1v) is 6.09. The van der Waals surface area contributed by atoms with Gasteiger partial charge in [0, 0.05) is 7.05 Å². The van der Waals surface area contributed by atoms with E-state index in [1.54, 1.807) is 11.9 Å². The van der Waals surface area contributed by atoms with Crippen LogP contribution in [0.15, 0.2) is 12.1 Å². The van der Waals surface area contributed by atoms with E-state index in [2.05, 4.69) is 17.1 Å². The molecule has 0 saturated heterocycles. The molecule has 0 saturated carbocycles. The highest BCUT2D eigenvalue weighted by Gasteiger charge is 2.12. The number of carbonyl (C=O) groups is 1. The fourth-order valence-corrected chi connectivity index (χ4v) is 2.89. The second kappa shape index (κ2) is 4.33. The molecule has 5 heteroatoms. The number of anilines is 1. The molecule has 0 amide bonds. The minimum absolute atomic E-state index is 0.0299. The van der Waals surface area contributed by atoms with E-state index in [0.717, 1.165) is 20.9 Å². The number of fused-ring (bicyclic) bond motifs is 1. The maximum Gasteiger partial charge on any atom is 0.323 e. The van der Waals surface area contributed by atoms with Crippen molar-refractivity contribution in [3.8, 4) is 0 Å². The lowest BCUT2D eigenvalue weighted by Gasteiger charge is -2.11. The highest BCUT2D eigenvalue weighted by Crippen LogP contribution is 2.30. The zero-order chi connectivity index (χ0) is 12.6. The van der Waals surface area contributed by atoms with Crippen molar-refractivity contribution in [2.45, 2.75) is 13.8 Å². The molecule has 1 aromatic carbocycles. The third-order valence-corrected chi connectivity index (χ3v) is 3.63. The lowest BCUT2D eigenvalue weighted by atomic mass is 10.1. The van der Waals surface area contributed by atoms with Crippen molar-refractivity contribution in [3.63, 3.8) is 0 Å². The Morgan fingerprint density at radius 2 is 2.18 bits per heavy atom. The highest BCUT2D eigenvalue weighted by atomic mass is 32.1. The van der Waals surface area contributed by atoms with E-state index >= 15 is 0 Å². The zero-order valence-electron chi connectivity index (χ0n) is 10.0. The lowest BCUT2D eigenvalue weighted by molar-refractivity contribution is -0.135. The predicted octanol–water partition coefficient (Wildman–Crippen LogP) is 2.43. The van der Waals surface area contributed by atoms with Gasteiger partial charge in [0.25, 0.3) is 0 Å². The summed E-state index contributed by atoms with van der Waals surface area (Å²) in [4.78, 5) is 16.8. The van der Waals surface area contributed by atoms with Gasteiger partial charge < -0.3 is 10.0 Å². The third-order valence-electron chi connectivity index (χ3n) is 2.52. The Kier molecular flexibility index (Phi) is 3.02. The minimum Gasteiger partial charge on any atom is -0.480 e. The van der Waals surface area contributed by atoms with Crippen molar-refractivity contribution in [1.82, 2.24) is 4.98 Å². The summed E-state index contributed by atoms with van der Waals surface area (Å²) in [6, 6.07) is 4.17. The van der Waals surface area contributed by atoms with Gasteiger partial charge in [0.1, 0.15) is 6.54 Å². The summed E-state index contributed by atoms with van der Waals surface area (Å²) in [6.45, 7) is 4.04. The fraction of sp³-hybridized carbons (Fsp3) is 0.333. The molecule has 0 aliphatic carbocycles. The van der Waals surface area contributed by atoms with E-state index in [-0.39, 0.29) is 6.54 Å². The van der Waals surface area contributed by atoms with Crippen LogP contribution >= 0.6 is 11.3 Å². The molecule has 4 nitrogen and oxygen atoms in total. The number of aliphatic carboxylic acids is 1. The van der Waals surface area contributed by atoms with Gasteiger partial charge in [-0.05, 0) is 31.0 Å². The number of aromatic nitrogens is 1. The second-order valence-electron chi connectivity index (χ2n) is 4.17. The maximum atomic E-state index is 10.7. The molecule has 0 radical (unpaired) electrons. The van der Waals surface area contributed by atoms with Gasteiger partial charge in [0.2, 0.25) is 0 Å². The largest absolute Gasteiger partial charge is 0.480 e. The van der Waals surface area contributed by atoms with Crippen LogP contribution in [0.1, 0.15) is 11.1 Å². The van der Waals surface area contributed by atoms with Crippen LogP contribution in [0.5, 0.6) is 0 Å². The summed E-state index contributed by atoms with van der Waals surface area (Å²) in [5.41, 5.74) is 3.30. The molecule has 0 bridgehead atoms. The number of benzene rings is 1. The first kappa shape index (κ1) is 11.9. The standard InChI is InChI=1S/C12H14N2O2S/c1-7-4-8(2)11-9(5-7)17-12(13-11)14(3)6-10(15)16/h4-5H,6H2,1-3H3,(H,15,16). The fourth-order valence-electron chi connectivity index (χ4n) is 1.79. The van der Waals surface area contributed by atoms with Crippen LogP contribution in [0, 0.1) is 13.8 Å². The van der Waals surface area contributed by atoms with Crippen molar-refractivity contribution in [2.24, 2.45) is 0 Å². The number of carboxylic acid groups (broad SMARTS) is 1. The number of rotatable bonds is 3. The quantitative estimate of drug-likeness (QED) is 0.909. The summed E-state index contributed by atoms with van der Waals surface area (Å²) in [5, 5.41) is 9.50. The Hall–Kier alpha value is -1.62. The molecule has 0 fully saturated rings. The number of thiazole rings is 1. The molecule has 90 valence electrons. The lowest BCUT2D eigenvalue weighted by Crippen LogP contribution is -2.24. The van der Waals surface area contributed by atoms with Crippen molar-refractivity contribution in [2.75, 3.05) is 18.5 Å². The zero-order valence-corrected chi connectivity index (χ0v) is 10.8. The van der Waals surface area contributed by atoms with Crippen LogP contribution < -0.4 is 4.90 Å². The van der Waals surface area contributed by atoms with Gasteiger partial charge in [-0.25, -0.2) is 4.98 Å². The summed E-state index contributed by atoms with van der Waals surface area (Å²) >= 11 is 1.53. The molecule has 0 aliphatic heterocycles. The Balaban J connectivity index is 2.44. The molecular weight excluding hydrogens is 236 g/mol. The van der Waals surface area contributed by atoms with Gasteiger partial charge >= 0.3 is 5.97 Å². The van der Waals surface area contributed by atoms with Crippen molar-refractivity contribution in [3.05, 3.63) is 23.3 Å². The monoisotopic (exact) mass is 250 g/mol. The van der Waals surface area contributed by atoms with Crippen molar-refractivity contribution < 1.29 is 9.90 Å². The van der Waals surface area contributed by atoms with Gasteiger partial charge in [-0.3, -0.25) is 4.79 Å². The number of nitrogens with zero attached hydrogens (tertiary/aromatic N) is 2. The van der Waals surface area contributed by atoms with Crippen LogP contribution in [-0.4, -0.2) is 29.7 Å². The topological polar surface area (TPSA) is 53.4 Å². The second-order valence-corrected chi connectivity index (χ2v) is 5.18. The third kappa shape index (κ3) is 2.39. The van der Waals surface area contributed by atoms with E-state index in [9.17, 15) is 4.79 Å². The number of aryl methyl sites for hydroxylation is 2. The Morgan fingerprint density at radius 1 is 1.47 bits per heavy atom. The molecule has 17 heavy (non-hydrogen) atoms. The molecule has 2 rings (SSSR count). The van der Waals surface area contributed by atoms with Crippen molar-refractivity contribution in [1.29, 1.82) is 0 Å². The number of hydrogen-bond acceptors (Lipinski definition) is 4. The summed E-state index contributed by atoms with van der Waals surface area (Å²) in [6.07, 6.45) is 0. The van der Waals surface area contributed by atoms with E-state index in [0.29, 0.717) is 0 Å². The van der Waals surface area contributed by atoms with Crippen LogP contribution in [0.2, 0.25) is 0 Å². The van der Waals surface area contributed by atoms with Gasteiger partial charge in [-0.1, -0.05) is 17.4 Å². The molecular formula is C12H14N2O2S. The van der Waals surface area contributed by atoms with Crippen LogP contribution in [0.25, 0.3) is 10.2 Å². The summed E-state index contributed by atoms with van der Waals surface area (Å²) < 4.78 is 1.11. The molecule has 0 atom stereocenters. The van der Waals surface area contributed by atoms with E-state index in [4.69, 9.17) is 5.11 Å². The molecule has 2 aromatic rings. The van der Waals surface area contributed by atoms with Gasteiger partial charge in [-0.2, -0.15) is 0 Å². The molecule has 1 N–H and O–H groups in total. The first-order valence-electron chi connectivity index (χ1n) is 5.28. The molecule has 1 aromatic heterocycles. The SMILES string of the molecule is Cc1cc(C)c2nc(N(C)CC(=O)O)sc2c1. The van der Waals surface area contributed by atoms with Gasteiger partial charge in [0.05, 0.1) is 10.2 Å². The average Bonchev–Trinajstić information content (AvgIpc) is 2.60. The van der Waals surface area contributed by atoms with Crippen LogP contribution in [0.3, 0.4) is 0 Å². The first-order chi connectivity index (χ1) is 7.97. The van der Waals surface area contributed by atoms with E-state index in [1.807, 2.05) is 13.8 Å². The number of hydrogen-bond donors (Lipinski definition) is 1. The Morgan fingerprint density at radius 3 is 2.82 bits per heavy atom. The van der Waals surface area contributed by atoms with Crippen LogP contribution in [0.4, 0.5) is 5.13 Å². The number of likely N-dealkylation sites (N-methyl/N-ethyl adjacent to an activating group) is 1. The Labute approximate surface area is 104 Å². The molecule has 0 spiro atoms. The normalized spacial score (nSPS) is 10.8. The van der Waals surface area contributed by atoms with Crippen molar-refractivity contribution >= 4 is 32.7 Å².